The molecule has 3 rings (SSSR count). The van der Waals surface area contributed by atoms with Crippen LogP contribution in [-0.2, 0) is 14.8 Å². The van der Waals surface area contributed by atoms with Gasteiger partial charge in [0, 0.05) is 5.02 Å². The fourth-order valence-electron chi connectivity index (χ4n) is 2.83. The highest BCUT2D eigenvalue weighted by molar-refractivity contribution is 7.92. The van der Waals surface area contributed by atoms with E-state index in [9.17, 15) is 13.2 Å². The lowest BCUT2D eigenvalue weighted by Gasteiger charge is -2.23. The number of carbonyl (C=O) groups excluding carboxylic acids is 1. The molecule has 0 atom stereocenters. The zero-order valence-electron chi connectivity index (χ0n) is 17.6. The first kappa shape index (κ1) is 24.0. The molecule has 0 saturated carbocycles. The summed E-state index contributed by atoms with van der Waals surface area (Å²) in [5.74, 6) is 0.0211. The molecule has 9 heteroatoms. The minimum absolute atomic E-state index is 0.0626. The lowest BCUT2D eigenvalue weighted by atomic mass is 10.2. The molecule has 0 heterocycles. The van der Waals surface area contributed by atoms with Gasteiger partial charge in [0.05, 0.1) is 16.8 Å². The number of nitrogens with zero attached hydrogens (tertiary/aromatic N) is 2. The van der Waals surface area contributed by atoms with Crippen molar-refractivity contribution in [3.63, 3.8) is 0 Å². The van der Waals surface area contributed by atoms with E-state index in [1.807, 2.05) is 0 Å². The van der Waals surface area contributed by atoms with Crippen LogP contribution in [0.4, 0.5) is 5.69 Å². The molecule has 0 saturated heterocycles. The molecule has 0 bridgehead atoms. The third kappa shape index (κ3) is 6.68. The minimum atomic E-state index is -4.00. The molecule has 0 aliphatic heterocycles. The smallest absolute Gasteiger partial charge is 0.264 e. The fourth-order valence-corrected chi connectivity index (χ4v) is 4.39. The Morgan fingerprint density at radius 1 is 1.06 bits per heavy atom. The number of amides is 1. The SMILES string of the molecule is C=CCOc1cccc(/C=N/NC(=O)CN(c2ccc(Cl)cc2)S(=O)(=O)c2ccccc2)c1. The molecule has 0 unspecified atom stereocenters. The highest BCUT2D eigenvalue weighted by Crippen LogP contribution is 2.25. The average molecular weight is 484 g/mol. The molecule has 170 valence electrons. The molecule has 0 fully saturated rings. The largest absolute Gasteiger partial charge is 0.490 e. The van der Waals surface area contributed by atoms with E-state index in [0.717, 1.165) is 4.31 Å². The molecule has 0 spiro atoms. The number of ether oxygens (including phenoxy) is 1. The first-order chi connectivity index (χ1) is 15.9. The number of hydrogen-bond donors (Lipinski definition) is 1. The van der Waals surface area contributed by atoms with Gasteiger partial charge in [-0.15, -0.1) is 0 Å². The Hall–Kier alpha value is -3.62. The summed E-state index contributed by atoms with van der Waals surface area (Å²) in [6.07, 6.45) is 3.08. The monoisotopic (exact) mass is 483 g/mol. The summed E-state index contributed by atoms with van der Waals surface area (Å²) >= 11 is 5.94. The number of hydrogen-bond acceptors (Lipinski definition) is 5. The van der Waals surface area contributed by atoms with Crippen molar-refractivity contribution in [1.29, 1.82) is 0 Å². The Balaban J connectivity index is 1.76. The molecule has 1 amide bonds. The number of benzene rings is 3. The fraction of sp³-hybridized carbons (Fsp3) is 0.0833. The maximum atomic E-state index is 13.2. The van der Waals surface area contributed by atoms with Gasteiger partial charge in [-0.25, -0.2) is 13.8 Å². The number of carbonyl (C=O) groups is 1. The van der Waals surface area contributed by atoms with Gasteiger partial charge < -0.3 is 4.74 Å². The van der Waals surface area contributed by atoms with Crippen molar-refractivity contribution < 1.29 is 17.9 Å². The van der Waals surface area contributed by atoms with Crippen molar-refractivity contribution in [3.05, 3.63) is 102 Å². The standard InChI is InChI=1S/C24H22ClN3O4S/c1-2-15-32-22-8-6-7-19(16-22)17-26-27-24(29)18-28(21-13-11-20(25)12-14-21)33(30,31)23-9-4-3-5-10-23/h2-14,16-17H,1,15,18H2,(H,27,29)/b26-17+. The Labute approximate surface area is 198 Å². The second-order valence-electron chi connectivity index (χ2n) is 6.77. The Morgan fingerprint density at radius 3 is 2.48 bits per heavy atom. The van der Waals surface area contributed by atoms with Crippen molar-refractivity contribution >= 4 is 39.4 Å². The maximum absolute atomic E-state index is 13.2. The van der Waals surface area contributed by atoms with Crippen molar-refractivity contribution in [2.75, 3.05) is 17.5 Å². The summed E-state index contributed by atoms with van der Waals surface area (Å²) in [5, 5.41) is 4.38. The first-order valence-electron chi connectivity index (χ1n) is 9.89. The van der Waals surface area contributed by atoms with Gasteiger partial charge in [-0.3, -0.25) is 9.10 Å². The summed E-state index contributed by atoms with van der Waals surface area (Å²) in [6.45, 7) is 3.50. The maximum Gasteiger partial charge on any atom is 0.264 e. The zero-order chi connectivity index (χ0) is 23.7. The van der Waals surface area contributed by atoms with Crippen LogP contribution >= 0.6 is 11.6 Å². The van der Waals surface area contributed by atoms with Crippen LogP contribution in [0.25, 0.3) is 0 Å². The van der Waals surface area contributed by atoms with E-state index in [4.69, 9.17) is 16.3 Å². The lowest BCUT2D eigenvalue weighted by molar-refractivity contribution is -0.119. The second-order valence-corrected chi connectivity index (χ2v) is 9.07. The predicted molar refractivity (Wildman–Crippen MR) is 130 cm³/mol. The molecule has 3 aromatic carbocycles. The van der Waals surface area contributed by atoms with E-state index in [-0.39, 0.29) is 4.90 Å². The molecular formula is C24H22ClN3O4S. The third-order valence-corrected chi connectivity index (χ3v) is 6.40. The van der Waals surface area contributed by atoms with Crippen LogP contribution in [0, 0.1) is 0 Å². The van der Waals surface area contributed by atoms with Gasteiger partial charge in [0.1, 0.15) is 18.9 Å². The molecule has 0 aromatic heterocycles. The van der Waals surface area contributed by atoms with Crippen LogP contribution < -0.4 is 14.5 Å². The third-order valence-electron chi connectivity index (χ3n) is 4.36. The second kappa shape index (κ2) is 11.3. The molecule has 0 aliphatic rings. The van der Waals surface area contributed by atoms with Crippen molar-refractivity contribution in [2.24, 2.45) is 5.10 Å². The van der Waals surface area contributed by atoms with Crippen LogP contribution in [0.1, 0.15) is 5.56 Å². The summed E-state index contributed by atoms with van der Waals surface area (Å²) in [7, 11) is -4.00. The van der Waals surface area contributed by atoms with Gasteiger partial charge in [-0.05, 0) is 54.1 Å². The van der Waals surface area contributed by atoms with E-state index >= 15 is 0 Å². The van der Waals surface area contributed by atoms with Crippen molar-refractivity contribution in [2.45, 2.75) is 4.90 Å². The van der Waals surface area contributed by atoms with E-state index in [1.165, 1.54) is 30.5 Å². The minimum Gasteiger partial charge on any atom is -0.490 e. The zero-order valence-corrected chi connectivity index (χ0v) is 19.2. The summed E-state index contributed by atoms with van der Waals surface area (Å²) in [5.41, 5.74) is 3.37. The van der Waals surface area contributed by atoms with E-state index in [1.54, 1.807) is 60.7 Å². The molecule has 33 heavy (non-hydrogen) atoms. The van der Waals surface area contributed by atoms with Crippen LogP contribution in [0.2, 0.25) is 5.02 Å². The van der Waals surface area contributed by atoms with E-state index < -0.39 is 22.5 Å². The van der Waals surface area contributed by atoms with Gasteiger partial charge in [0.15, 0.2) is 0 Å². The van der Waals surface area contributed by atoms with E-state index in [0.29, 0.717) is 28.6 Å². The summed E-state index contributed by atoms with van der Waals surface area (Å²) < 4.78 is 32.9. The molecule has 0 aliphatic carbocycles. The van der Waals surface area contributed by atoms with E-state index in [2.05, 4.69) is 17.1 Å². The van der Waals surface area contributed by atoms with Gasteiger partial charge in [-0.1, -0.05) is 54.6 Å². The molecule has 0 radical (unpaired) electrons. The highest BCUT2D eigenvalue weighted by Gasteiger charge is 2.27. The summed E-state index contributed by atoms with van der Waals surface area (Å²) in [4.78, 5) is 12.6. The topological polar surface area (TPSA) is 88.1 Å². The Morgan fingerprint density at radius 2 is 1.79 bits per heavy atom. The number of nitrogens with one attached hydrogen (secondary N) is 1. The number of rotatable bonds is 10. The average Bonchev–Trinajstić information content (AvgIpc) is 2.83. The number of sulfonamides is 1. The quantitative estimate of drug-likeness (QED) is 0.265. The highest BCUT2D eigenvalue weighted by atomic mass is 35.5. The van der Waals surface area contributed by atoms with Crippen LogP contribution in [0.3, 0.4) is 0 Å². The van der Waals surface area contributed by atoms with Crippen LogP contribution in [0.5, 0.6) is 5.75 Å². The molecule has 1 N–H and O–H groups in total. The van der Waals surface area contributed by atoms with Gasteiger partial charge >= 0.3 is 0 Å². The van der Waals surface area contributed by atoms with Crippen molar-refractivity contribution in [1.82, 2.24) is 5.43 Å². The number of halogens is 1. The Kier molecular flexibility index (Phi) is 8.23. The van der Waals surface area contributed by atoms with Gasteiger partial charge in [0.2, 0.25) is 0 Å². The molecule has 3 aromatic rings. The van der Waals surface area contributed by atoms with Crippen LogP contribution in [0.15, 0.2) is 102 Å². The Bertz CT molecular complexity index is 1230. The molecular weight excluding hydrogens is 462 g/mol. The van der Waals surface area contributed by atoms with Gasteiger partial charge in [-0.2, -0.15) is 5.10 Å². The van der Waals surface area contributed by atoms with Gasteiger partial charge in [0.25, 0.3) is 15.9 Å². The van der Waals surface area contributed by atoms with Crippen LogP contribution in [-0.4, -0.2) is 33.7 Å². The lowest BCUT2D eigenvalue weighted by Crippen LogP contribution is -2.39. The predicted octanol–water partition coefficient (Wildman–Crippen LogP) is 4.25. The first-order valence-corrected chi connectivity index (χ1v) is 11.7. The summed E-state index contributed by atoms with van der Waals surface area (Å²) in [6, 6.07) is 21.2. The number of hydrazone groups is 1. The van der Waals surface area contributed by atoms with Crippen molar-refractivity contribution in [3.8, 4) is 5.75 Å². The molecule has 7 nitrogen and oxygen atoms in total. The normalized spacial score (nSPS) is 11.2. The number of anilines is 1.